The van der Waals surface area contributed by atoms with Crippen LogP contribution in [-0.4, -0.2) is 37.9 Å². The van der Waals surface area contributed by atoms with Gasteiger partial charge in [-0.1, -0.05) is 18.2 Å². The van der Waals surface area contributed by atoms with E-state index in [2.05, 4.69) is 10.3 Å². The highest BCUT2D eigenvalue weighted by Gasteiger charge is 2.47. The number of halogens is 3. The smallest absolute Gasteiger partial charge is 0.380 e. The van der Waals surface area contributed by atoms with Crippen LogP contribution in [-0.2, 0) is 21.2 Å². The number of carbonyl (C=O) groups is 1. The van der Waals surface area contributed by atoms with Crippen molar-refractivity contribution >= 4 is 27.2 Å². The largest absolute Gasteiger partial charge is 0.501 e. The maximum absolute atomic E-state index is 13.0. The van der Waals surface area contributed by atoms with Crippen LogP contribution < -0.4 is 16.0 Å². The fraction of sp³-hybridized carbons (Fsp3) is 0.368. The summed E-state index contributed by atoms with van der Waals surface area (Å²) in [6, 6.07) is 8.35. The van der Waals surface area contributed by atoms with Crippen LogP contribution in [0.2, 0.25) is 0 Å². The molecule has 0 spiro atoms. The van der Waals surface area contributed by atoms with Crippen LogP contribution in [0.3, 0.4) is 0 Å². The van der Waals surface area contributed by atoms with Crippen LogP contribution in [0, 0.1) is 5.92 Å². The first-order valence-corrected chi connectivity index (χ1v) is 10.7. The van der Waals surface area contributed by atoms with Crippen molar-refractivity contribution in [2.24, 2.45) is 11.7 Å². The Kier molecular flexibility index (Phi) is 6.20. The number of para-hydroxylation sites is 1. The number of sulfone groups is 1. The van der Waals surface area contributed by atoms with E-state index in [1.54, 1.807) is 18.3 Å². The zero-order chi connectivity index (χ0) is 21.9. The quantitative estimate of drug-likeness (QED) is 0.713. The maximum atomic E-state index is 13.0. The highest BCUT2D eigenvalue weighted by Crippen LogP contribution is 2.34. The number of alkyl halides is 3. The second-order valence-electron chi connectivity index (χ2n) is 6.95. The van der Waals surface area contributed by atoms with E-state index in [0.717, 1.165) is 6.07 Å². The zero-order valence-corrected chi connectivity index (χ0v) is 16.7. The third-order valence-electron chi connectivity index (χ3n) is 5.01. The molecule has 7 nitrogen and oxygen atoms in total. The van der Waals surface area contributed by atoms with E-state index in [1.165, 1.54) is 18.2 Å². The number of nitrogens with two attached hydrogens (primary N) is 1. The van der Waals surface area contributed by atoms with E-state index in [1.807, 2.05) is 4.90 Å². The lowest BCUT2D eigenvalue weighted by molar-refractivity contribution is -0.122. The number of carbonyl (C=O) groups excluding carboxylic acids is 1. The number of amides is 1. The van der Waals surface area contributed by atoms with Gasteiger partial charge in [-0.3, -0.25) is 4.79 Å². The van der Waals surface area contributed by atoms with Crippen LogP contribution in [0.25, 0.3) is 0 Å². The van der Waals surface area contributed by atoms with E-state index in [9.17, 15) is 26.4 Å². The summed E-state index contributed by atoms with van der Waals surface area (Å²) >= 11 is 0. The molecule has 11 heteroatoms. The number of benzene rings is 1. The standard InChI is InChI=1S/C19H21F3N4O3S/c20-19(21,22)30(28,29)16-6-2-1-5-15(16)25-12-14-4-3-9-24-18(14)26-10-7-13(8-11-26)17(23)27/h1-6,9,13,25H,7-8,10-12H2,(H2,23,27). The molecule has 3 N–H and O–H groups in total. The van der Waals surface area contributed by atoms with Crippen molar-refractivity contribution in [3.8, 4) is 0 Å². The predicted octanol–water partition coefficient (Wildman–Crippen LogP) is 2.69. The van der Waals surface area contributed by atoms with Gasteiger partial charge in [0.25, 0.3) is 9.84 Å². The molecule has 0 radical (unpaired) electrons. The van der Waals surface area contributed by atoms with Gasteiger partial charge in [-0.25, -0.2) is 13.4 Å². The summed E-state index contributed by atoms with van der Waals surface area (Å²) in [6.07, 6.45) is 2.78. The first-order chi connectivity index (χ1) is 14.1. The Morgan fingerprint density at radius 2 is 1.83 bits per heavy atom. The van der Waals surface area contributed by atoms with Crippen molar-refractivity contribution in [3.63, 3.8) is 0 Å². The van der Waals surface area contributed by atoms with Crippen LogP contribution in [0.5, 0.6) is 0 Å². The normalized spacial score (nSPS) is 15.8. The molecular weight excluding hydrogens is 421 g/mol. The second-order valence-corrected chi connectivity index (χ2v) is 8.86. The summed E-state index contributed by atoms with van der Waals surface area (Å²) in [4.78, 5) is 16.9. The number of primary amides is 1. The molecule has 1 aromatic carbocycles. The van der Waals surface area contributed by atoms with Gasteiger partial charge in [-0.15, -0.1) is 0 Å². The SMILES string of the molecule is NC(=O)C1CCN(c2ncccc2CNc2ccccc2S(=O)(=O)C(F)(F)F)CC1. The maximum Gasteiger partial charge on any atom is 0.501 e. The van der Waals surface area contributed by atoms with E-state index < -0.39 is 20.2 Å². The molecule has 1 aliphatic rings. The van der Waals surface area contributed by atoms with Gasteiger partial charge in [-0.05, 0) is 31.0 Å². The molecule has 1 fully saturated rings. The highest BCUT2D eigenvalue weighted by atomic mass is 32.2. The highest BCUT2D eigenvalue weighted by molar-refractivity contribution is 7.92. The molecule has 1 aromatic heterocycles. The lowest BCUT2D eigenvalue weighted by Crippen LogP contribution is -2.39. The third kappa shape index (κ3) is 4.50. The number of nitrogens with one attached hydrogen (secondary N) is 1. The van der Waals surface area contributed by atoms with Crippen molar-refractivity contribution in [1.29, 1.82) is 0 Å². The van der Waals surface area contributed by atoms with Crippen molar-refractivity contribution in [2.45, 2.75) is 29.8 Å². The minimum absolute atomic E-state index is 0.0727. The number of pyridine rings is 1. The number of piperidine rings is 1. The Balaban J connectivity index is 1.80. The molecule has 0 atom stereocenters. The van der Waals surface area contributed by atoms with Crippen LogP contribution >= 0.6 is 0 Å². The molecule has 1 saturated heterocycles. The Morgan fingerprint density at radius 3 is 2.47 bits per heavy atom. The number of nitrogens with zero attached hydrogens (tertiary/aromatic N) is 2. The van der Waals surface area contributed by atoms with Gasteiger partial charge in [0, 0.05) is 37.3 Å². The third-order valence-corrected chi connectivity index (χ3v) is 6.56. The molecule has 30 heavy (non-hydrogen) atoms. The first kappa shape index (κ1) is 21.9. The molecule has 1 amide bonds. The van der Waals surface area contributed by atoms with Crippen LogP contribution in [0.1, 0.15) is 18.4 Å². The number of rotatable bonds is 6. The Bertz CT molecular complexity index is 1020. The summed E-state index contributed by atoms with van der Waals surface area (Å²) in [6.45, 7) is 1.20. The minimum Gasteiger partial charge on any atom is -0.380 e. The Hall–Kier alpha value is -2.82. The summed E-state index contributed by atoms with van der Waals surface area (Å²) in [7, 11) is -5.49. The summed E-state index contributed by atoms with van der Waals surface area (Å²) < 4.78 is 62.7. The fourth-order valence-electron chi connectivity index (χ4n) is 3.39. The molecule has 0 aliphatic carbocycles. The van der Waals surface area contributed by atoms with Crippen LogP contribution in [0.15, 0.2) is 47.5 Å². The lowest BCUT2D eigenvalue weighted by Gasteiger charge is -2.32. The van der Waals surface area contributed by atoms with Crippen LogP contribution in [0.4, 0.5) is 24.7 Å². The average Bonchev–Trinajstić information content (AvgIpc) is 2.72. The topological polar surface area (TPSA) is 105 Å². The first-order valence-electron chi connectivity index (χ1n) is 9.23. The van der Waals surface area contributed by atoms with E-state index in [0.29, 0.717) is 37.3 Å². The number of aromatic nitrogens is 1. The molecule has 162 valence electrons. The second kappa shape index (κ2) is 8.50. The van der Waals surface area contributed by atoms with Gasteiger partial charge in [0.05, 0.1) is 10.6 Å². The van der Waals surface area contributed by atoms with E-state index >= 15 is 0 Å². The number of anilines is 2. The molecule has 0 unspecified atom stereocenters. The molecule has 0 saturated carbocycles. The Morgan fingerprint density at radius 1 is 1.17 bits per heavy atom. The van der Waals surface area contributed by atoms with Gasteiger partial charge in [-0.2, -0.15) is 13.2 Å². The minimum atomic E-state index is -5.49. The average molecular weight is 442 g/mol. The Labute approximate surface area is 172 Å². The molecule has 2 heterocycles. The fourth-order valence-corrected chi connectivity index (χ4v) is 4.33. The zero-order valence-electron chi connectivity index (χ0n) is 15.9. The number of hydrogen-bond donors (Lipinski definition) is 2. The monoisotopic (exact) mass is 442 g/mol. The van der Waals surface area contributed by atoms with Crippen molar-refractivity contribution < 1.29 is 26.4 Å². The molecule has 2 aromatic rings. The van der Waals surface area contributed by atoms with Gasteiger partial charge in [0.2, 0.25) is 5.91 Å². The van der Waals surface area contributed by atoms with E-state index in [4.69, 9.17) is 5.73 Å². The lowest BCUT2D eigenvalue weighted by atomic mass is 9.96. The van der Waals surface area contributed by atoms with Crippen molar-refractivity contribution in [2.75, 3.05) is 23.3 Å². The summed E-state index contributed by atoms with van der Waals surface area (Å²) in [5.74, 6) is 0.107. The van der Waals surface area contributed by atoms with Crippen molar-refractivity contribution in [3.05, 3.63) is 48.2 Å². The summed E-state index contributed by atoms with van der Waals surface area (Å²) in [5, 5.41) is 2.79. The molecule has 3 rings (SSSR count). The van der Waals surface area contributed by atoms with Gasteiger partial charge >= 0.3 is 5.51 Å². The van der Waals surface area contributed by atoms with Gasteiger partial charge in [0.15, 0.2) is 0 Å². The molecule has 1 aliphatic heterocycles. The van der Waals surface area contributed by atoms with Crippen molar-refractivity contribution in [1.82, 2.24) is 4.98 Å². The van der Waals surface area contributed by atoms with Gasteiger partial charge in [0.1, 0.15) is 5.82 Å². The molecular formula is C19H21F3N4O3S. The predicted molar refractivity (Wildman–Crippen MR) is 105 cm³/mol. The van der Waals surface area contributed by atoms with E-state index in [-0.39, 0.29) is 24.1 Å². The summed E-state index contributed by atoms with van der Waals surface area (Å²) in [5.41, 5.74) is 0.515. The molecule has 0 bridgehead atoms. The van der Waals surface area contributed by atoms with Gasteiger partial charge < -0.3 is 16.0 Å². The number of hydrogen-bond acceptors (Lipinski definition) is 6.